The molecule has 1 aromatic carbocycles. The predicted molar refractivity (Wildman–Crippen MR) is 90.3 cm³/mol. The van der Waals surface area contributed by atoms with Crippen molar-refractivity contribution in [2.45, 2.75) is 38.3 Å². The van der Waals surface area contributed by atoms with E-state index in [4.69, 9.17) is 4.74 Å². The molecule has 7 nitrogen and oxygen atoms in total. The van der Waals surface area contributed by atoms with Crippen LogP contribution < -0.4 is 4.90 Å². The maximum absolute atomic E-state index is 13.2. The van der Waals surface area contributed by atoms with Crippen molar-refractivity contribution in [1.82, 2.24) is 4.90 Å². The first kappa shape index (κ1) is 17.4. The molecule has 7 heteroatoms. The van der Waals surface area contributed by atoms with Gasteiger partial charge in [0.2, 0.25) is 11.8 Å². The number of aliphatic carboxylic acids is 1. The average molecular weight is 346 g/mol. The van der Waals surface area contributed by atoms with E-state index in [2.05, 4.69) is 0 Å². The SMILES string of the molecule is CC(=O)N1c2ccccc2C[C@H]1C(=O)N(CC(=O)O)C1CCOCC1. The molecule has 0 bridgehead atoms. The van der Waals surface area contributed by atoms with E-state index in [9.17, 15) is 19.5 Å². The molecular formula is C18H22N2O5. The molecule has 1 N–H and O–H groups in total. The predicted octanol–water partition coefficient (Wildman–Crippen LogP) is 1.06. The molecule has 134 valence electrons. The fourth-order valence-electron chi connectivity index (χ4n) is 3.69. The third-order valence-corrected chi connectivity index (χ3v) is 4.82. The minimum Gasteiger partial charge on any atom is -0.480 e. The first-order valence-corrected chi connectivity index (χ1v) is 8.46. The number of hydrogen-bond acceptors (Lipinski definition) is 4. The lowest BCUT2D eigenvalue weighted by Crippen LogP contribution is -2.54. The molecule has 2 amide bonds. The van der Waals surface area contributed by atoms with Crippen molar-refractivity contribution < 1.29 is 24.2 Å². The van der Waals surface area contributed by atoms with Crippen LogP contribution in [0.2, 0.25) is 0 Å². The van der Waals surface area contributed by atoms with Crippen molar-refractivity contribution in [1.29, 1.82) is 0 Å². The van der Waals surface area contributed by atoms with Crippen LogP contribution in [0, 0.1) is 0 Å². The molecule has 1 atom stereocenters. The summed E-state index contributed by atoms with van der Waals surface area (Å²) >= 11 is 0. The summed E-state index contributed by atoms with van der Waals surface area (Å²) in [4.78, 5) is 39.6. The maximum atomic E-state index is 13.2. The fourth-order valence-corrected chi connectivity index (χ4v) is 3.69. The van der Waals surface area contributed by atoms with Crippen molar-refractivity contribution in [2.75, 3.05) is 24.7 Å². The van der Waals surface area contributed by atoms with Crippen LogP contribution in [0.4, 0.5) is 5.69 Å². The highest BCUT2D eigenvalue weighted by molar-refractivity contribution is 6.03. The van der Waals surface area contributed by atoms with Gasteiger partial charge in [-0.2, -0.15) is 0 Å². The third kappa shape index (κ3) is 3.51. The quantitative estimate of drug-likeness (QED) is 0.881. The van der Waals surface area contributed by atoms with Crippen LogP contribution in [0.3, 0.4) is 0 Å². The summed E-state index contributed by atoms with van der Waals surface area (Å²) in [6.45, 7) is 2.09. The molecule has 0 radical (unpaired) electrons. The molecule has 1 fully saturated rings. The molecule has 1 saturated heterocycles. The van der Waals surface area contributed by atoms with E-state index < -0.39 is 12.0 Å². The van der Waals surface area contributed by atoms with E-state index in [0.29, 0.717) is 32.5 Å². The van der Waals surface area contributed by atoms with Gasteiger partial charge in [0.1, 0.15) is 12.6 Å². The first-order valence-electron chi connectivity index (χ1n) is 8.46. The Morgan fingerprint density at radius 1 is 1.24 bits per heavy atom. The fraction of sp³-hybridized carbons (Fsp3) is 0.500. The van der Waals surface area contributed by atoms with Gasteiger partial charge in [0.25, 0.3) is 0 Å². The Balaban J connectivity index is 1.88. The van der Waals surface area contributed by atoms with Crippen molar-refractivity contribution >= 4 is 23.5 Å². The number of fused-ring (bicyclic) bond motifs is 1. The molecule has 0 aliphatic carbocycles. The van der Waals surface area contributed by atoms with Crippen molar-refractivity contribution in [3.63, 3.8) is 0 Å². The van der Waals surface area contributed by atoms with E-state index in [1.807, 2.05) is 24.3 Å². The lowest BCUT2D eigenvalue weighted by molar-refractivity contribution is -0.148. The normalized spacial score (nSPS) is 20.2. The number of rotatable bonds is 4. The van der Waals surface area contributed by atoms with Crippen LogP contribution in [0.5, 0.6) is 0 Å². The van der Waals surface area contributed by atoms with Gasteiger partial charge in [0.15, 0.2) is 0 Å². The van der Waals surface area contributed by atoms with Gasteiger partial charge >= 0.3 is 5.97 Å². The summed E-state index contributed by atoms with van der Waals surface area (Å²) in [5.41, 5.74) is 1.66. The number of carbonyl (C=O) groups excluding carboxylic acids is 2. The van der Waals surface area contributed by atoms with Crippen LogP contribution in [0.25, 0.3) is 0 Å². The highest BCUT2D eigenvalue weighted by atomic mass is 16.5. The second kappa shape index (κ2) is 7.23. The van der Waals surface area contributed by atoms with Crippen LogP contribution in [0.15, 0.2) is 24.3 Å². The van der Waals surface area contributed by atoms with E-state index in [-0.39, 0.29) is 24.4 Å². The topological polar surface area (TPSA) is 87.2 Å². The summed E-state index contributed by atoms with van der Waals surface area (Å²) in [5, 5.41) is 9.25. The first-order chi connectivity index (χ1) is 12.0. The Morgan fingerprint density at radius 3 is 2.56 bits per heavy atom. The Kier molecular flexibility index (Phi) is 5.03. The molecular weight excluding hydrogens is 324 g/mol. The number of carboxylic acids is 1. The minimum atomic E-state index is -1.05. The van der Waals surface area contributed by atoms with Gasteiger partial charge in [0.05, 0.1) is 0 Å². The molecule has 25 heavy (non-hydrogen) atoms. The van der Waals surface area contributed by atoms with Gasteiger partial charge in [-0.05, 0) is 24.5 Å². The Morgan fingerprint density at radius 2 is 1.92 bits per heavy atom. The second-order valence-corrected chi connectivity index (χ2v) is 6.44. The third-order valence-electron chi connectivity index (χ3n) is 4.82. The van der Waals surface area contributed by atoms with Gasteiger partial charge < -0.3 is 14.7 Å². The molecule has 2 heterocycles. The van der Waals surface area contributed by atoms with E-state index in [1.165, 1.54) is 16.7 Å². The van der Waals surface area contributed by atoms with Gasteiger partial charge in [-0.1, -0.05) is 18.2 Å². The van der Waals surface area contributed by atoms with Crippen molar-refractivity contribution in [2.24, 2.45) is 0 Å². The molecule has 0 unspecified atom stereocenters. The lowest BCUT2D eigenvalue weighted by atomic mass is 10.0. The Labute approximate surface area is 146 Å². The Bertz CT molecular complexity index is 684. The van der Waals surface area contributed by atoms with Crippen LogP contribution >= 0.6 is 0 Å². The second-order valence-electron chi connectivity index (χ2n) is 6.44. The highest BCUT2D eigenvalue weighted by Gasteiger charge is 2.41. The van der Waals surface area contributed by atoms with Crippen molar-refractivity contribution in [3.05, 3.63) is 29.8 Å². The number of carbonyl (C=O) groups is 3. The molecule has 3 rings (SSSR count). The average Bonchev–Trinajstić information content (AvgIpc) is 2.99. The standard InChI is InChI=1S/C18H22N2O5/c1-12(21)20-15-5-3-2-4-13(15)10-16(20)18(24)19(11-17(22)23)14-6-8-25-9-7-14/h2-5,14,16H,6-11H2,1H3,(H,22,23)/t16-/m0/s1. The van der Waals surface area contributed by atoms with Gasteiger partial charge in [0, 0.05) is 38.3 Å². The number of ether oxygens (including phenoxy) is 1. The Hall–Kier alpha value is -2.41. The highest BCUT2D eigenvalue weighted by Crippen LogP contribution is 2.33. The van der Waals surface area contributed by atoms with Gasteiger partial charge in [-0.25, -0.2) is 0 Å². The van der Waals surface area contributed by atoms with E-state index in [0.717, 1.165) is 11.3 Å². The number of carboxylic acid groups (broad SMARTS) is 1. The van der Waals surface area contributed by atoms with Crippen LogP contribution in [-0.4, -0.2) is 59.6 Å². The summed E-state index contributed by atoms with van der Waals surface area (Å²) in [7, 11) is 0. The number of benzene rings is 1. The summed E-state index contributed by atoms with van der Waals surface area (Å²) < 4.78 is 5.32. The zero-order chi connectivity index (χ0) is 18.0. The van der Waals surface area contributed by atoms with Crippen molar-refractivity contribution in [3.8, 4) is 0 Å². The van der Waals surface area contributed by atoms with Gasteiger partial charge in [-0.15, -0.1) is 0 Å². The molecule has 0 saturated carbocycles. The largest absolute Gasteiger partial charge is 0.480 e. The number of nitrogens with zero attached hydrogens (tertiary/aromatic N) is 2. The van der Waals surface area contributed by atoms with Crippen LogP contribution in [-0.2, 0) is 25.5 Å². The molecule has 0 spiro atoms. The summed E-state index contributed by atoms with van der Waals surface area (Å²) in [6, 6.07) is 6.56. The lowest BCUT2D eigenvalue weighted by Gasteiger charge is -2.36. The monoisotopic (exact) mass is 346 g/mol. The minimum absolute atomic E-state index is 0.171. The van der Waals surface area contributed by atoms with Crippen LogP contribution in [0.1, 0.15) is 25.3 Å². The molecule has 0 aromatic heterocycles. The molecule has 2 aliphatic rings. The molecule has 1 aromatic rings. The number of para-hydroxylation sites is 1. The smallest absolute Gasteiger partial charge is 0.323 e. The zero-order valence-corrected chi connectivity index (χ0v) is 14.2. The number of amides is 2. The zero-order valence-electron chi connectivity index (χ0n) is 14.2. The maximum Gasteiger partial charge on any atom is 0.323 e. The number of anilines is 1. The molecule has 2 aliphatic heterocycles. The van der Waals surface area contributed by atoms with E-state index >= 15 is 0 Å². The van der Waals surface area contributed by atoms with Gasteiger partial charge in [-0.3, -0.25) is 19.3 Å². The van der Waals surface area contributed by atoms with E-state index in [1.54, 1.807) is 0 Å². The number of hydrogen-bond donors (Lipinski definition) is 1. The summed E-state index contributed by atoms with van der Waals surface area (Å²) in [5.74, 6) is -1.57. The summed E-state index contributed by atoms with van der Waals surface area (Å²) in [6.07, 6.45) is 1.63.